The van der Waals surface area contributed by atoms with Gasteiger partial charge in [0.2, 0.25) is 0 Å². The molecule has 2 aromatic rings. The van der Waals surface area contributed by atoms with E-state index in [2.05, 4.69) is 37.9 Å². The summed E-state index contributed by atoms with van der Waals surface area (Å²) in [6, 6.07) is 10.1. The van der Waals surface area contributed by atoms with Gasteiger partial charge in [-0.15, -0.1) is 22.7 Å². The largest absolute Gasteiger partial charge is 0.192 e. The highest BCUT2D eigenvalue weighted by Crippen LogP contribution is 2.31. The number of allylic oxidation sites excluding steroid dienone is 1. The van der Waals surface area contributed by atoms with E-state index in [4.69, 9.17) is 5.26 Å². The lowest BCUT2D eigenvalue weighted by atomic mass is 10.2. The number of nitriles is 1. The van der Waals surface area contributed by atoms with Crippen LogP contribution in [0.2, 0.25) is 0 Å². The summed E-state index contributed by atoms with van der Waals surface area (Å²) >= 11 is 9.98. The fourth-order valence-corrected chi connectivity index (χ4v) is 3.88. The van der Waals surface area contributed by atoms with Crippen LogP contribution in [-0.4, -0.2) is 0 Å². The van der Waals surface area contributed by atoms with E-state index in [-0.39, 0.29) is 0 Å². The van der Waals surface area contributed by atoms with Gasteiger partial charge in [-0.05, 0) is 62.2 Å². The van der Waals surface area contributed by atoms with Crippen molar-refractivity contribution in [3.8, 4) is 6.07 Å². The van der Waals surface area contributed by atoms with Crippen LogP contribution in [0.5, 0.6) is 0 Å². The molecule has 0 aromatic carbocycles. The zero-order chi connectivity index (χ0) is 11.5. The third kappa shape index (κ3) is 2.83. The molecular weight excluding hydrogens is 370 g/mol. The number of rotatable bonds is 2. The Kier molecular flexibility index (Phi) is 3.98. The molecule has 0 aliphatic heterocycles. The Balaban J connectivity index is 2.37. The van der Waals surface area contributed by atoms with E-state index >= 15 is 0 Å². The van der Waals surface area contributed by atoms with Gasteiger partial charge in [0.05, 0.1) is 13.1 Å². The third-order valence-electron chi connectivity index (χ3n) is 1.84. The molecule has 80 valence electrons. The molecule has 1 nitrogen and oxygen atoms in total. The molecule has 0 unspecified atom stereocenters. The van der Waals surface area contributed by atoms with E-state index in [0.29, 0.717) is 5.57 Å². The van der Waals surface area contributed by atoms with Crippen molar-refractivity contribution in [3.63, 3.8) is 0 Å². The second kappa shape index (κ2) is 5.28. The summed E-state index contributed by atoms with van der Waals surface area (Å²) in [5.74, 6) is 0. The van der Waals surface area contributed by atoms with Crippen LogP contribution in [0, 0.1) is 11.3 Å². The van der Waals surface area contributed by atoms with Crippen LogP contribution in [0.15, 0.2) is 31.8 Å². The van der Waals surface area contributed by atoms with Gasteiger partial charge in [-0.25, -0.2) is 0 Å². The van der Waals surface area contributed by atoms with Gasteiger partial charge >= 0.3 is 0 Å². The zero-order valence-electron chi connectivity index (χ0n) is 7.91. The minimum absolute atomic E-state index is 0.699. The maximum Gasteiger partial charge on any atom is 0.101 e. The first-order chi connectivity index (χ1) is 7.69. The second-order valence-electron chi connectivity index (χ2n) is 2.92. The van der Waals surface area contributed by atoms with Crippen molar-refractivity contribution in [2.24, 2.45) is 0 Å². The molecule has 0 atom stereocenters. The van der Waals surface area contributed by atoms with E-state index in [1.165, 1.54) is 0 Å². The van der Waals surface area contributed by atoms with Crippen LogP contribution in [0.25, 0.3) is 11.6 Å². The molecule has 2 rings (SSSR count). The molecule has 0 N–H and O–H groups in total. The van der Waals surface area contributed by atoms with Crippen molar-refractivity contribution in [3.05, 3.63) is 41.6 Å². The van der Waals surface area contributed by atoms with Crippen LogP contribution in [0.1, 0.15) is 9.75 Å². The molecule has 2 heterocycles. The Hall–Kier alpha value is -0.410. The van der Waals surface area contributed by atoms with Gasteiger partial charge in [-0.2, -0.15) is 5.26 Å². The van der Waals surface area contributed by atoms with Crippen molar-refractivity contribution < 1.29 is 0 Å². The lowest BCUT2D eigenvalue weighted by Gasteiger charge is -1.91. The highest BCUT2D eigenvalue weighted by molar-refractivity contribution is 9.11. The highest BCUT2D eigenvalue weighted by atomic mass is 79.9. The van der Waals surface area contributed by atoms with Crippen LogP contribution in [0.3, 0.4) is 0 Å². The molecule has 0 spiro atoms. The van der Waals surface area contributed by atoms with E-state index < -0.39 is 0 Å². The van der Waals surface area contributed by atoms with E-state index in [0.717, 1.165) is 17.3 Å². The molecule has 0 radical (unpaired) electrons. The lowest BCUT2D eigenvalue weighted by molar-refractivity contribution is 1.54. The van der Waals surface area contributed by atoms with Gasteiger partial charge in [0.25, 0.3) is 0 Å². The Labute approximate surface area is 118 Å². The molecule has 16 heavy (non-hydrogen) atoms. The molecular formula is C11H5Br2NS2. The summed E-state index contributed by atoms with van der Waals surface area (Å²) in [6.45, 7) is 0. The zero-order valence-corrected chi connectivity index (χ0v) is 12.7. The Morgan fingerprint density at radius 1 is 1.12 bits per heavy atom. The average molecular weight is 375 g/mol. The molecule has 0 saturated carbocycles. The lowest BCUT2D eigenvalue weighted by Crippen LogP contribution is -1.72. The maximum absolute atomic E-state index is 9.12. The number of hydrogen-bond donors (Lipinski definition) is 0. The maximum atomic E-state index is 9.12. The average Bonchev–Trinajstić information content (AvgIpc) is 2.84. The number of hydrogen-bond acceptors (Lipinski definition) is 3. The topological polar surface area (TPSA) is 23.8 Å². The molecule has 2 aromatic heterocycles. The predicted molar refractivity (Wildman–Crippen MR) is 77.5 cm³/mol. The van der Waals surface area contributed by atoms with E-state index in [1.54, 1.807) is 22.7 Å². The first-order valence-corrected chi connectivity index (χ1v) is 7.54. The fourth-order valence-electron chi connectivity index (χ4n) is 1.17. The van der Waals surface area contributed by atoms with Crippen LogP contribution in [-0.2, 0) is 0 Å². The van der Waals surface area contributed by atoms with Gasteiger partial charge in [-0.1, -0.05) is 0 Å². The quantitative estimate of drug-likeness (QED) is 0.645. The van der Waals surface area contributed by atoms with Crippen molar-refractivity contribution in [1.29, 1.82) is 5.26 Å². The fraction of sp³-hybridized carbons (Fsp3) is 0. The van der Waals surface area contributed by atoms with Crippen molar-refractivity contribution in [2.45, 2.75) is 0 Å². The van der Waals surface area contributed by atoms with Gasteiger partial charge < -0.3 is 0 Å². The third-order valence-corrected chi connectivity index (χ3v) is 5.07. The summed E-state index contributed by atoms with van der Waals surface area (Å²) in [5, 5.41) is 9.12. The van der Waals surface area contributed by atoms with Crippen LogP contribution in [0.4, 0.5) is 0 Å². The summed E-state index contributed by atoms with van der Waals surface area (Å²) in [5.41, 5.74) is 0.699. The van der Waals surface area contributed by atoms with Crippen molar-refractivity contribution in [1.82, 2.24) is 0 Å². The number of thiophene rings is 2. The molecule has 0 aliphatic rings. The minimum atomic E-state index is 0.699. The molecule has 0 amide bonds. The summed E-state index contributed by atoms with van der Waals surface area (Å²) in [6.07, 6.45) is 1.91. The Morgan fingerprint density at radius 3 is 2.31 bits per heavy atom. The van der Waals surface area contributed by atoms with E-state index in [1.807, 2.05) is 30.3 Å². The Bertz CT molecular complexity index is 575. The molecule has 0 saturated heterocycles. The first kappa shape index (κ1) is 12.1. The van der Waals surface area contributed by atoms with Crippen LogP contribution >= 0.6 is 54.5 Å². The monoisotopic (exact) mass is 373 g/mol. The number of nitrogens with zero attached hydrogens (tertiary/aromatic N) is 1. The minimum Gasteiger partial charge on any atom is -0.192 e. The second-order valence-corrected chi connectivity index (χ2v) is 7.87. The van der Waals surface area contributed by atoms with Crippen molar-refractivity contribution >= 4 is 66.2 Å². The normalized spacial score (nSPS) is 11.4. The summed E-state index contributed by atoms with van der Waals surface area (Å²) < 4.78 is 2.11. The summed E-state index contributed by atoms with van der Waals surface area (Å²) in [7, 11) is 0. The van der Waals surface area contributed by atoms with Gasteiger partial charge in [0, 0.05) is 9.75 Å². The highest BCUT2D eigenvalue weighted by Gasteiger charge is 2.05. The molecule has 0 fully saturated rings. The van der Waals surface area contributed by atoms with Crippen LogP contribution < -0.4 is 0 Å². The standard InChI is InChI=1S/C11H5Br2NS2/c12-10-3-1-8(15-10)5-7(6-14)9-2-4-11(13)16-9/h1-5H. The van der Waals surface area contributed by atoms with Gasteiger partial charge in [0.15, 0.2) is 0 Å². The van der Waals surface area contributed by atoms with Gasteiger partial charge in [-0.3, -0.25) is 0 Å². The SMILES string of the molecule is N#CC(=Cc1ccc(Br)s1)c1ccc(Br)s1. The Morgan fingerprint density at radius 2 is 1.81 bits per heavy atom. The molecule has 5 heteroatoms. The molecule has 0 bridgehead atoms. The molecule has 0 aliphatic carbocycles. The van der Waals surface area contributed by atoms with Gasteiger partial charge in [0.1, 0.15) is 6.07 Å². The van der Waals surface area contributed by atoms with Crippen molar-refractivity contribution in [2.75, 3.05) is 0 Å². The number of halogens is 2. The first-order valence-electron chi connectivity index (χ1n) is 4.32. The smallest absolute Gasteiger partial charge is 0.101 e. The predicted octanol–water partition coefficient (Wildman–Crippen LogP) is 5.40. The summed E-state index contributed by atoms with van der Waals surface area (Å²) in [4.78, 5) is 2.06. The van der Waals surface area contributed by atoms with E-state index in [9.17, 15) is 0 Å².